The summed E-state index contributed by atoms with van der Waals surface area (Å²) in [6.07, 6.45) is 0. The van der Waals surface area contributed by atoms with Crippen molar-refractivity contribution >= 4 is 0 Å². The van der Waals surface area contributed by atoms with Gasteiger partial charge in [-0.15, -0.1) is 0 Å². The van der Waals surface area contributed by atoms with Gasteiger partial charge in [0, 0.05) is 0 Å². The quantitative estimate of drug-likeness (QED) is 0.602. The van der Waals surface area contributed by atoms with Gasteiger partial charge in [0.1, 0.15) is 0 Å². The second kappa shape index (κ2) is 5.36. The first-order valence-corrected chi connectivity index (χ1v) is 4.69. The number of rotatable bonds is 1. The summed E-state index contributed by atoms with van der Waals surface area (Å²) in [5, 5.41) is 0. The first-order valence-electron chi connectivity index (χ1n) is 4.69. The van der Waals surface area contributed by atoms with Crippen molar-refractivity contribution in [2.24, 2.45) is 0 Å². The van der Waals surface area contributed by atoms with Gasteiger partial charge >= 0.3 is 0 Å². The van der Waals surface area contributed by atoms with Crippen LogP contribution in [-0.4, -0.2) is 0 Å². The fraction of sp³-hybridized carbons (Fsp3) is 0.231. The van der Waals surface area contributed by atoms with E-state index in [0.717, 1.165) is 0 Å². The zero-order valence-corrected chi connectivity index (χ0v) is 8.27. The van der Waals surface area contributed by atoms with Crippen molar-refractivity contribution in [3.05, 3.63) is 60.2 Å². The zero-order valence-electron chi connectivity index (χ0n) is 8.27. The van der Waals surface area contributed by atoms with E-state index in [1.807, 2.05) is 30.3 Å². The van der Waals surface area contributed by atoms with Crippen LogP contribution in [0.1, 0.15) is 25.3 Å². The standard InChI is InChI=1S/C13H16/c1-12(2)13-10-8-6-4-3-5-7-9-11-13/h3-12H,1-2H3. The summed E-state index contributed by atoms with van der Waals surface area (Å²) in [5.74, 6) is 0.581. The molecule has 13 heavy (non-hydrogen) atoms. The highest BCUT2D eigenvalue weighted by atomic mass is 14.0. The van der Waals surface area contributed by atoms with Gasteiger partial charge in [0.25, 0.3) is 0 Å². The number of hydrogen-bond acceptors (Lipinski definition) is 0. The summed E-state index contributed by atoms with van der Waals surface area (Å²) in [5.41, 5.74) is 1.36. The molecule has 0 heterocycles. The SMILES string of the molecule is CC(C)c1ccccccccc1. The second-order valence-electron chi connectivity index (χ2n) is 3.34. The maximum Gasteiger partial charge on any atom is -0.0219 e. The van der Waals surface area contributed by atoms with Crippen LogP contribution in [0.5, 0.6) is 0 Å². The van der Waals surface area contributed by atoms with E-state index < -0.39 is 0 Å². The minimum absolute atomic E-state index is 0.581. The summed E-state index contributed by atoms with van der Waals surface area (Å²) in [6, 6.07) is 18.7. The van der Waals surface area contributed by atoms with Crippen LogP contribution in [0.25, 0.3) is 0 Å². The maximum atomic E-state index is 2.20. The molecule has 0 N–H and O–H groups in total. The van der Waals surface area contributed by atoms with E-state index in [1.165, 1.54) is 5.56 Å². The predicted octanol–water partition coefficient (Wildman–Crippen LogP) is 3.93. The van der Waals surface area contributed by atoms with Crippen molar-refractivity contribution in [1.29, 1.82) is 0 Å². The molecule has 0 nitrogen and oxygen atoms in total. The van der Waals surface area contributed by atoms with Gasteiger partial charge in [0.15, 0.2) is 0 Å². The molecule has 0 aromatic heterocycles. The molecule has 0 aliphatic heterocycles. The Labute approximate surface area is 80.6 Å². The van der Waals surface area contributed by atoms with Crippen LogP contribution in [0.2, 0.25) is 0 Å². The van der Waals surface area contributed by atoms with E-state index in [-0.39, 0.29) is 0 Å². The molecule has 0 bridgehead atoms. The van der Waals surface area contributed by atoms with E-state index in [0.29, 0.717) is 5.92 Å². The normalized spacial score (nSPS) is 9.46. The Morgan fingerprint density at radius 2 is 1.08 bits per heavy atom. The van der Waals surface area contributed by atoms with Gasteiger partial charge in [-0.2, -0.15) is 0 Å². The van der Waals surface area contributed by atoms with Crippen molar-refractivity contribution in [3.63, 3.8) is 0 Å². The van der Waals surface area contributed by atoms with Crippen LogP contribution in [-0.2, 0) is 0 Å². The Morgan fingerprint density at radius 3 is 1.46 bits per heavy atom. The largest absolute Gasteiger partial charge is 0.0623 e. The van der Waals surface area contributed by atoms with Crippen LogP contribution in [0.15, 0.2) is 54.6 Å². The average Bonchev–Trinajstić information content (AvgIpc) is 2.14. The van der Waals surface area contributed by atoms with Crippen molar-refractivity contribution in [2.75, 3.05) is 0 Å². The third kappa shape index (κ3) is 3.75. The van der Waals surface area contributed by atoms with Crippen molar-refractivity contribution in [2.45, 2.75) is 19.8 Å². The van der Waals surface area contributed by atoms with Crippen LogP contribution in [0, 0.1) is 0 Å². The molecule has 0 saturated carbocycles. The first kappa shape index (κ1) is 9.79. The molecule has 1 aromatic carbocycles. The van der Waals surface area contributed by atoms with Crippen molar-refractivity contribution in [3.8, 4) is 0 Å². The minimum atomic E-state index is 0.581. The highest BCUT2D eigenvalue weighted by Gasteiger charge is 1.92. The molecule has 1 rings (SSSR count). The van der Waals surface area contributed by atoms with Crippen molar-refractivity contribution in [1.82, 2.24) is 0 Å². The molecule has 0 fully saturated rings. The molecule has 0 aliphatic carbocycles. The summed E-state index contributed by atoms with van der Waals surface area (Å²) in [4.78, 5) is 0. The van der Waals surface area contributed by atoms with Gasteiger partial charge < -0.3 is 0 Å². The predicted molar refractivity (Wildman–Crippen MR) is 58.2 cm³/mol. The molecule has 0 spiro atoms. The fourth-order valence-electron chi connectivity index (χ4n) is 1.09. The summed E-state index contributed by atoms with van der Waals surface area (Å²) in [6.45, 7) is 4.41. The van der Waals surface area contributed by atoms with E-state index in [9.17, 15) is 0 Å². The smallest absolute Gasteiger partial charge is 0.0219 e. The lowest BCUT2D eigenvalue weighted by atomic mass is 10.1. The van der Waals surface area contributed by atoms with Gasteiger partial charge in [-0.25, -0.2) is 0 Å². The Morgan fingerprint density at radius 1 is 0.692 bits per heavy atom. The monoisotopic (exact) mass is 172 g/mol. The summed E-state index contributed by atoms with van der Waals surface area (Å²) >= 11 is 0. The highest BCUT2D eigenvalue weighted by Crippen LogP contribution is 2.10. The lowest BCUT2D eigenvalue weighted by Gasteiger charge is -2.00. The van der Waals surface area contributed by atoms with E-state index in [4.69, 9.17) is 0 Å². The van der Waals surface area contributed by atoms with Crippen LogP contribution < -0.4 is 0 Å². The van der Waals surface area contributed by atoms with Crippen molar-refractivity contribution < 1.29 is 0 Å². The van der Waals surface area contributed by atoms with Crippen LogP contribution in [0.3, 0.4) is 0 Å². The van der Waals surface area contributed by atoms with E-state index in [1.54, 1.807) is 0 Å². The highest BCUT2D eigenvalue weighted by molar-refractivity contribution is 5.15. The van der Waals surface area contributed by atoms with Crippen LogP contribution in [0.4, 0.5) is 0 Å². The lowest BCUT2D eigenvalue weighted by molar-refractivity contribution is 0.868. The summed E-state index contributed by atoms with van der Waals surface area (Å²) < 4.78 is 0. The topological polar surface area (TPSA) is 0 Å². The molecule has 0 aliphatic rings. The minimum Gasteiger partial charge on any atom is -0.0623 e. The molecule has 0 heteroatoms. The Kier molecular flexibility index (Phi) is 4.04. The third-order valence-electron chi connectivity index (χ3n) is 1.91. The molecular weight excluding hydrogens is 156 g/mol. The average molecular weight is 172 g/mol. The van der Waals surface area contributed by atoms with Crippen LogP contribution >= 0.6 is 0 Å². The molecule has 0 amide bonds. The van der Waals surface area contributed by atoms with Gasteiger partial charge in [0.2, 0.25) is 0 Å². The Balaban J connectivity index is 3.11. The molecule has 1 aromatic rings. The Bertz CT molecular complexity index is 274. The third-order valence-corrected chi connectivity index (χ3v) is 1.91. The molecule has 0 radical (unpaired) electrons. The van der Waals surface area contributed by atoms with Gasteiger partial charge in [-0.05, 0) is 11.5 Å². The zero-order chi connectivity index (χ0) is 9.52. The van der Waals surface area contributed by atoms with Gasteiger partial charge in [-0.3, -0.25) is 0 Å². The Hall–Kier alpha value is -1.30. The second-order valence-corrected chi connectivity index (χ2v) is 3.34. The summed E-state index contributed by atoms with van der Waals surface area (Å²) in [7, 11) is 0. The molecule has 0 unspecified atom stereocenters. The molecular formula is C13H16. The van der Waals surface area contributed by atoms with E-state index in [2.05, 4.69) is 38.1 Å². The van der Waals surface area contributed by atoms with Gasteiger partial charge in [-0.1, -0.05) is 68.4 Å². The maximum absolute atomic E-state index is 2.20. The number of hydrogen-bond donors (Lipinski definition) is 0. The molecule has 68 valence electrons. The fourth-order valence-corrected chi connectivity index (χ4v) is 1.09. The molecule has 0 atom stereocenters. The molecule has 0 saturated heterocycles. The first-order chi connectivity index (χ1) is 6.30. The van der Waals surface area contributed by atoms with E-state index >= 15 is 0 Å². The lowest BCUT2D eigenvalue weighted by Crippen LogP contribution is -1.82. The van der Waals surface area contributed by atoms with Gasteiger partial charge in [0.05, 0.1) is 0 Å².